The van der Waals surface area contributed by atoms with Gasteiger partial charge in [-0.05, 0) is 31.0 Å². The third-order valence-corrected chi connectivity index (χ3v) is 6.56. The Bertz CT molecular complexity index is 1250. The summed E-state index contributed by atoms with van der Waals surface area (Å²) in [7, 11) is 0. The molecule has 0 atom stereocenters. The van der Waals surface area contributed by atoms with Gasteiger partial charge in [-0.2, -0.15) is 0 Å². The first kappa shape index (κ1) is 17.2. The molecule has 0 N–H and O–H groups in total. The predicted molar refractivity (Wildman–Crippen MR) is 128 cm³/mol. The molecule has 134 valence electrons. The lowest BCUT2D eigenvalue weighted by atomic mass is 10.0. The normalized spacial score (nSPS) is 13.2. The highest BCUT2D eigenvalue weighted by molar-refractivity contribution is 14.2. The van der Waals surface area contributed by atoms with Gasteiger partial charge in [-0.1, -0.05) is 99.6 Å². The molecule has 0 fully saturated rings. The van der Waals surface area contributed by atoms with E-state index in [2.05, 4.69) is 80.9 Å². The van der Waals surface area contributed by atoms with E-state index in [1.807, 2.05) is 18.2 Å². The van der Waals surface area contributed by atoms with Crippen molar-refractivity contribution in [2.45, 2.75) is 0 Å². The van der Waals surface area contributed by atoms with Gasteiger partial charge in [0.1, 0.15) is 0 Å². The van der Waals surface area contributed by atoms with Gasteiger partial charge in [-0.15, -0.1) is 0 Å². The average molecular weight is 472 g/mol. The minimum Gasteiger partial charge on any atom is -0.228 e. The molecule has 2 heterocycles. The van der Waals surface area contributed by atoms with E-state index >= 15 is 0 Å². The highest BCUT2D eigenvalue weighted by atomic mass is 127. The van der Waals surface area contributed by atoms with E-state index in [-0.39, 0.29) is 20.7 Å². The molecule has 0 radical (unpaired) electrons. The SMILES string of the molecule is C1=CC(c2cc(-c3ccc4ccccc4c3)nc(-c3ccccc3)n2)=CI=C1. The Hall–Kier alpha value is -2.92. The van der Waals surface area contributed by atoms with E-state index in [4.69, 9.17) is 9.97 Å². The Labute approximate surface area is 174 Å². The van der Waals surface area contributed by atoms with Crippen LogP contribution >= 0.6 is 20.7 Å². The Morgan fingerprint density at radius 3 is 2.25 bits per heavy atom. The third-order valence-electron chi connectivity index (χ3n) is 4.70. The summed E-state index contributed by atoms with van der Waals surface area (Å²) < 4.78 is 4.58. The van der Waals surface area contributed by atoms with Crippen LogP contribution in [0.5, 0.6) is 0 Å². The first-order chi connectivity index (χ1) is 13.9. The Morgan fingerprint density at radius 2 is 1.43 bits per heavy atom. The van der Waals surface area contributed by atoms with E-state index in [1.165, 1.54) is 16.3 Å². The van der Waals surface area contributed by atoms with Crippen molar-refractivity contribution in [2.24, 2.45) is 0 Å². The van der Waals surface area contributed by atoms with Crippen LogP contribution in [-0.4, -0.2) is 14.0 Å². The number of benzene rings is 3. The highest BCUT2D eigenvalue weighted by Crippen LogP contribution is 2.29. The fourth-order valence-electron chi connectivity index (χ4n) is 3.27. The number of aromatic nitrogens is 2. The molecule has 0 aliphatic carbocycles. The van der Waals surface area contributed by atoms with Crippen molar-refractivity contribution >= 4 is 41.1 Å². The lowest BCUT2D eigenvalue weighted by molar-refractivity contribution is 1.16. The second-order valence-corrected chi connectivity index (χ2v) is 8.63. The van der Waals surface area contributed by atoms with Crippen LogP contribution in [-0.2, 0) is 0 Å². The molecule has 0 amide bonds. The van der Waals surface area contributed by atoms with Crippen LogP contribution in [0.1, 0.15) is 5.69 Å². The van der Waals surface area contributed by atoms with Gasteiger partial charge < -0.3 is 0 Å². The summed E-state index contributed by atoms with van der Waals surface area (Å²) >= 11 is -0.0398. The van der Waals surface area contributed by atoms with Gasteiger partial charge in [0.15, 0.2) is 5.82 Å². The maximum absolute atomic E-state index is 4.91. The molecule has 2 nitrogen and oxygen atoms in total. The number of allylic oxidation sites excluding steroid dienone is 3. The Balaban J connectivity index is 1.70. The minimum atomic E-state index is -0.0398. The van der Waals surface area contributed by atoms with Gasteiger partial charge in [0.2, 0.25) is 0 Å². The van der Waals surface area contributed by atoms with Crippen LogP contribution in [0, 0.1) is 0 Å². The average Bonchev–Trinajstić information content (AvgIpc) is 2.79. The topological polar surface area (TPSA) is 25.8 Å². The van der Waals surface area contributed by atoms with Crippen molar-refractivity contribution in [3.05, 3.63) is 101 Å². The second kappa shape index (κ2) is 7.60. The molecule has 3 heteroatoms. The van der Waals surface area contributed by atoms with Crippen LogP contribution < -0.4 is 0 Å². The second-order valence-electron chi connectivity index (χ2n) is 6.57. The lowest BCUT2D eigenvalue weighted by Gasteiger charge is -2.11. The zero-order valence-corrected chi connectivity index (χ0v) is 17.2. The van der Waals surface area contributed by atoms with Crippen LogP contribution in [0.4, 0.5) is 0 Å². The fourth-order valence-corrected chi connectivity index (χ4v) is 4.84. The van der Waals surface area contributed by atoms with E-state index < -0.39 is 0 Å². The van der Waals surface area contributed by atoms with Crippen molar-refractivity contribution in [1.82, 2.24) is 9.97 Å². The molecule has 0 saturated heterocycles. The fraction of sp³-hybridized carbons (Fsp3) is 0. The number of hydrogen-bond acceptors (Lipinski definition) is 2. The number of hydrogen-bond donors (Lipinski definition) is 0. The van der Waals surface area contributed by atoms with Crippen molar-refractivity contribution in [3.63, 3.8) is 0 Å². The largest absolute Gasteiger partial charge is 0.228 e. The molecule has 4 aromatic rings. The quantitative estimate of drug-likeness (QED) is 0.312. The van der Waals surface area contributed by atoms with Gasteiger partial charge >= 0.3 is 0 Å². The Kier molecular flexibility index (Phi) is 4.67. The third kappa shape index (κ3) is 3.45. The summed E-state index contributed by atoms with van der Waals surface area (Å²) in [5, 5.41) is 2.46. The van der Waals surface area contributed by atoms with Gasteiger partial charge in [-0.3, -0.25) is 0 Å². The van der Waals surface area contributed by atoms with Gasteiger partial charge in [0.25, 0.3) is 0 Å². The summed E-state index contributed by atoms with van der Waals surface area (Å²) in [5.74, 6) is 0.767. The maximum atomic E-state index is 4.91. The zero-order valence-electron chi connectivity index (χ0n) is 15.1. The molecule has 0 spiro atoms. The molecule has 0 bridgehead atoms. The zero-order chi connectivity index (χ0) is 18.8. The lowest BCUT2D eigenvalue weighted by Crippen LogP contribution is -1.98. The maximum Gasteiger partial charge on any atom is 0.160 e. The van der Waals surface area contributed by atoms with Crippen molar-refractivity contribution in [3.8, 4) is 22.6 Å². The number of halogens is 1. The van der Waals surface area contributed by atoms with Crippen LogP contribution in [0.25, 0.3) is 39.0 Å². The van der Waals surface area contributed by atoms with Crippen LogP contribution in [0.2, 0.25) is 0 Å². The predicted octanol–water partition coefficient (Wildman–Crippen LogP) is 6.65. The molecule has 5 rings (SSSR count). The summed E-state index contributed by atoms with van der Waals surface area (Å²) in [4.78, 5) is 9.80. The molecule has 1 aromatic heterocycles. The van der Waals surface area contributed by atoms with E-state index in [1.54, 1.807) is 0 Å². The highest BCUT2D eigenvalue weighted by Gasteiger charge is 2.11. The van der Waals surface area contributed by atoms with Gasteiger partial charge in [-0.25, -0.2) is 9.97 Å². The Morgan fingerprint density at radius 1 is 0.643 bits per heavy atom. The van der Waals surface area contributed by atoms with Gasteiger partial charge in [0.05, 0.1) is 11.4 Å². The summed E-state index contributed by atoms with van der Waals surface area (Å²) in [6, 6.07) is 27.3. The molecular weight excluding hydrogens is 455 g/mol. The number of fused-ring (bicyclic) bond motifs is 1. The van der Waals surface area contributed by atoms with Crippen molar-refractivity contribution in [1.29, 1.82) is 0 Å². The molecule has 3 aromatic carbocycles. The summed E-state index contributed by atoms with van der Waals surface area (Å²) in [6.45, 7) is 0. The van der Waals surface area contributed by atoms with Crippen LogP contribution in [0.3, 0.4) is 0 Å². The van der Waals surface area contributed by atoms with Crippen molar-refractivity contribution in [2.75, 3.05) is 0 Å². The molecule has 0 saturated carbocycles. The van der Waals surface area contributed by atoms with E-state index in [0.29, 0.717) is 0 Å². The van der Waals surface area contributed by atoms with Crippen LogP contribution in [0.15, 0.2) is 95.1 Å². The molecule has 0 unspecified atom stereocenters. The smallest absolute Gasteiger partial charge is 0.160 e. The molecule has 1 aliphatic heterocycles. The molecule has 28 heavy (non-hydrogen) atoms. The molecule has 1 aliphatic rings. The minimum absolute atomic E-state index is 0.0398. The molecular formula is C25H17IN2. The standard InChI is InChI=1S/C25H17IN2/c1-2-8-19(9-3-1)25-27-23(16-24(28-25)22-11-6-14-26-17-22)21-13-12-18-7-4-5-10-20(18)15-21/h1-17H. The first-order valence-corrected chi connectivity index (χ1v) is 11.6. The number of rotatable bonds is 3. The van der Waals surface area contributed by atoms with E-state index in [0.717, 1.165) is 28.3 Å². The summed E-state index contributed by atoms with van der Waals surface area (Å²) in [6.07, 6.45) is 4.28. The first-order valence-electron chi connectivity index (χ1n) is 9.13. The number of nitrogens with zero attached hydrogens (tertiary/aromatic N) is 2. The summed E-state index contributed by atoms with van der Waals surface area (Å²) in [5.41, 5.74) is 5.28. The van der Waals surface area contributed by atoms with E-state index in [9.17, 15) is 0 Å². The van der Waals surface area contributed by atoms with Crippen molar-refractivity contribution < 1.29 is 0 Å². The van der Waals surface area contributed by atoms with Gasteiger partial charge in [0, 0.05) is 16.7 Å². The monoisotopic (exact) mass is 472 g/mol.